The maximum atomic E-state index is 6.13. The summed E-state index contributed by atoms with van der Waals surface area (Å²) < 4.78 is 8.31. The average molecular weight is 483 g/mol. The van der Waals surface area contributed by atoms with Crippen LogP contribution in [-0.4, -0.2) is 56.5 Å². The van der Waals surface area contributed by atoms with Crippen molar-refractivity contribution in [2.24, 2.45) is 4.99 Å². The van der Waals surface area contributed by atoms with Gasteiger partial charge in [0.1, 0.15) is 20.7 Å². The first-order chi connectivity index (χ1) is 16.5. The number of anilines is 1. The summed E-state index contributed by atoms with van der Waals surface area (Å²) in [6.45, 7) is 9.53. The van der Waals surface area contributed by atoms with Crippen molar-refractivity contribution < 1.29 is 9.31 Å². The maximum absolute atomic E-state index is 6.13. The number of fused-ring (bicyclic) bond motifs is 2. The van der Waals surface area contributed by atoms with E-state index >= 15 is 0 Å². The van der Waals surface area contributed by atoms with Gasteiger partial charge < -0.3 is 9.64 Å². The molecule has 1 heterocycles. The average Bonchev–Trinajstić information content (AvgIpc) is 3.18. The molecule has 0 amide bonds. The number of hydrogen-bond acceptors (Lipinski definition) is 3. The van der Waals surface area contributed by atoms with E-state index in [0.29, 0.717) is 6.61 Å². The first-order valence-corrected chi connectivity index (χ1v) is 12.3. The Morgan fingerprint density at radius 1 is 0.917 bits per heavy atom. The third-order valence-electron chi connectivity index (χ3n) is 7.32. The zero-order valence-electron chi connectivity index (χ0n) is 22.2. The summed E-state index contributed by atoms with van der Waals surface area (Å²) >= 11 is 0. The number of allylic oxidation sites excluding steroid dienone is 5. The number of ether oxygens (including phenoxy) is 1. The van der Waals surface area contributed by atoms with Gasteiger partial charge >= 0.3 is 0 Å². The van der Waals surface area contributed by atoms with Crippen molar-refractivity contribution in [2.75, 3.05) is 39.7 Å². The van der Waals surface area contributed by atoms with E-state index in [2.05, 4.69) is 126 Å². The molecule has 4 nitrogen and oxygen atoms in total. The number of rotatable bonds is 3. The molecule has 0 saturated heterocycles. The van der Waals surface area contributed by atoms with E-state index in [1.54, 1.807) is 0 Å². The van der Waals surface area contributed by atoms with Gasteiger partial charge in [0.2, 0.25) is 5.90 Å². The van der Waals surface area contributed by atoms with Crippen molar-refractivity contribution in [2.45, 2.75) is 46.1 Å². The predicted molar refractivity (Wildman–Crippen MR) is 154 cm³/mol. The molecule has 2 aromatic rings. The van der Waals surface area contributed by atoms with Crippen LogP contribution in [0.2, 0.25) is 0 Å². The molecule has 0 atom stereocenters. The van der Waals surface area contributed by atoms with Crippen LogP contribution in [0.1, 0.15) is 57.4 Å². The van der Waals surface area contributed by atoms with E-state index in [-0.39, 0.29) is 18.4 Å². The maximum Gasteiger partial charge on any atom is 0.217 e. The SMILES string of the molecule is C.CN(C)c1ccc2c(c1)C(C)(C)C1=CC(=[N+](C)C)C=CC1=C2c1ccccc1C1=NC(C)(C)CO1. The lowest BCUT2D eigenvalue weighted by atomic mass is 9.64. The van der Waals surface area contributed by atoms with E-state index in [1.807, 2.05) is 0 Å². The summed E-state index contributed by atoms with van der Waals surface area (Å²) in [6, 6.07) is 15.4. The molecule has 36 heavy (non-hydrogen) atoms. The fourth-order valence-corrected chi connectivity index (χ4v) is 5.28. The molecule has 4 heteroatoms. The van der Waals surface area contributed by atoms with Crippen LogP contribution in [0.4, 0.5) is 5.69 Å². The van der Waals surface area contributed by atoms with Crippen LogP contribution in [0.3, 0.4) is 0 Å². The second-order valence-corrected chi connectivity index (χ2v) is 11.3. The lowest BCUT2D eigenvalue weighted by molar-refractivity contribution is -0.462. The highest BCUT2D eigenvalue weighted by molar-refractivity contribution is 6.09. The molecule has 0 spiro atoms. The second kappa shape index (κ2) is 8.92. The van der Waals surface area contributed by atoms with Gasteiger partial charge in [0.05, 0.1) is 5.54 Å². The molecular weight excluding hydrogens is 442 g/mol. The number of nitrogens with zero attached hydrogens (tertiary/aromatic N) is 3. The highest BCUT2D eigenvalue weighted by Gasteiger charge is 2.40. The van der Waals surface area contributed by atoms with Gasteiger partial charge in [-0.05, 0) is 71.5 Å². The van der Waals surface area contributed by atoms with E-state index < -0.39 is 0 Å². The molecule has 0 radical (unpaired) electrons. The van der Waals surface area contributed by atoms with E-state index in [4.69, 9.17) is 9.73 Å². The van der Waals surface area contributed by atoms with Crippen LogP contribution >= 0.6 is 0 Å². The van der Waals surface area contributed by atoms with Crippen molar-refractivity contribution in [1.82, 2.24) is 0 Å². The van der Waals surface area contributed by atoms with Crippen molar-refractivity contribution in [3.05, 3.63) is 94.1 Å². The van der Waals surface area contributed by atoms with Crippen LogP contribution in [-0.2, 0) is 10.2 Å². The molecule has 2 aliphatic carbocycles. The number of hydrogen-bond donors (Lipinski definition) is 0. The van der Waals surface area contributed by atoms with Crippen LogP contribution in [0, 0.1) is 0 Å². The third-order valence-corrected chi connectivity index (χ3v) is 7.32. The molecule has 0 bridgehead atoms. The molecule has 0 N–H and O–H groups in total. The fourth-order valence-electron chi connectivity index (χ4n) is 5.28. The van der Waals surface area contributed by atoms with Gasteiger partial charge in [0, 0.05) is 42.9 Å². The minimum Gasteiger partial charge on any atom is -0.475 e. The van der Waals surface area contributed by atoms with Crippen LogP contribution in [0.25, 0.3) is 5.57 Å². The molecule has 0 unspecified atom stereocenters. The van der Waals surface area contributed by atoms with Gasteiger partial charge in [-0.1, -0.05) is 45.5 Å². The number of aliphatic imine (C=N–C) groups is 1. The molecule has 2 aromatic carbocycles. The lowest BCUT2D eigenvalue weighted by Gasteiger charge is -2.39. The zero-order valence-corrected chi connectivity index (χ0v) is 22.2. The molecule has 0 fully saturated rings. The van der Waals surface area contributed by atoms with Gasteiger partial charge in [-0.25, -0.2) is 9.57 Å². The monoisotopic (exact) mass is 482 g/mol. The Labute approximate surface area is 217 Å². The van der Waals surface area contributed by atoms with E-state index in [0.717, 1.165) is 17.0 Å². The lowest BCUT2D eigenvalue weighted by Crippen LogP contribution is -2.31. The summed E-state index contributed by atoms with van der Waals surface area (Å²) in [6.07, 6.45) is 6.88. The summed E-state index contributed by atoms with van der Waals surface area (Å²) in [7, 11) is 8.42. The Hall–Kier alpha value is -3.40. The van der Waals surface area contributed by atoms with Crippen molar-refractivity contribution in [3.63, 3.8) is 0 Å². The summed E-state index contributed by atoms with van der Waals surface area (Å²) in [5.41, 5.74) is 10.8. The molecule has 0 saturated carbocycles. The van der Waals surface area contributed by atoms with E-state index in [1.165, 1.54) is 39.2 Å². The normalized spacial score (nSPS) is 18.9. The summed E-state index contributed by atoms with van der Waals surface area (Å²) in [5, 5.41) is 0. The number of benzene rings is 2. The van der Waals surface area contributed by atoms with Gasteiger partial charge in [-0.2, -0.15) is 0 Å². The molecule has 0 aromatic heterocycles. The first-order valence-electron chi connectivity index (χ1n) is 12.3. The minimum atomic E-state index is -0.210. The van der Waals surface area contributed by atoms with Gasteiger partial charge in [0.15, 0.2) is 5.71 Å². The van der Waals surface area contributed by atoms with Crippen molar-refractivity contribution in [3.8, 4) is 0 Å². The van der Waals surface area contributed by atoms with Crippen molar-refractivity contribution in [1.29, 1.82) is 0 Å². The zero-order chi connectivity index (χ0) is 25.1. The third kappa shape index (κ3) is 4.13. The van der Waals surface area contributed by atoms with Crippen LogP contribution < -0.4 is 4.90 Å². The smallest absolute Gasteiger partial charge is 0.217 e. The quantitative estimate of drug-likeness (QED) is 0.484. The second-order valence-electron chi connectivity index (χ2n) is 11.3. The Morgan fingerprint density at radius 2 is 1.61 bits per heavy atom. The highest BCUT2D eigenvalue weighted by atomic mass is 16.5. The Balaban J connectivity index is 0.00000304. The van der Waals surface area contributed by atoms with Crippen LogP contribution in [0.5, 0.6) is 0 Å². The molecule has 1 aliphatic heterocycles. The van der Waals surface area contributed by atoms with Gasteiger partial charge in [-0.15, -0.1) is 0 Å². The van der Waals surface area contributed by atoms with Crippen LogP contribution in [0.15, 0.2) is 76.8 Å². The van der Waals surface area contributed by atoms with E-state index in [9.17, 15) is 0 Å². The molecular formula is C32H40N3O+. The van der Waals surface area contributed by atoms with Gasteiger partial charge in [-0.3, -0.25) is 0 Å². The Morgan fingerprint density at radius 3 is 2.22 bits per heavy atom. The molecule has 3 aliphatic rings. The predicted octanol–water partition coefficient (Wildman–Crippen LogP) is 6.25. The minimum absolute atomic E-state index is 0. The standard InChI is InChI=1S/C31H36N3O.CH4/c1-30(2)19-35-29(32-30)23-12-10-9-11-22(23)28-24-15-13-20(33(5)6)17-26(24)31(3,4)27-18-21(34(7)8)14-16-25(27)28;/h9-18H,19H2,1-8H3;1H4/q+1;. The summed E-state index contributed by atoms with van der Waals surface area (Å²) in [4.78, 5) is 7.11. The largest absolute Gasteiger partial charge is 0.475 e. The topological polar surface area (TPSA) is 27.8 Å². The molecule has 5 rings (SSSR count). The molecule has 188 valence electrons. The van der Waals surface area contributed by atoms with Crippen molar-refractivity contribution >= 4 is 22.9 Å². The Kier molecular flexibility index (Phi) is 6.36. The van der Waals surface area contributed by atoms with Gasteiger partial charge in [0.25, 0.3) is 0 Å². The summed E-state index contributed by atoms with van der Waals surface area (Å²) in [5.74, 6) is 0.737. The Bertz CT molecular complexity index is 1380. The highest BCUT2D eigenvalue weighted by Crippen LogP contribution is 2.51. The fraction of sp³-hybridized carbons (Fsp3) is 0.375. The first kappa shape index (κ1) is 25.7.